The first-order chi connectivity index (χ1) is 7.68. The molecular formula is C14H20ClN. The Morgan fingerprint density at radius 2 is 2.12 bits per heavy atom. The molecule has 0 aromatic heterocycles. The smallest absolute Gasteiger partial charge is 0.0440 e. The minimum atomic E-state index is 0.688. The molecule has 1 fully saturated rings. The van der Waals surface area contributed by atoms with Gasteiger partial charge in [0.2, 0.25) is 0 Å². The van der Waals surface area contributed by atoms with Crippen molar-refractivity contribution < 1.29 is 0 Å². The molecule has 1 saturated carbocycles. The minimum Gasteiger partial charge on any atom is -0.316 e. The van der Waals surface area contributed by atoms with Crippen molar-refractivity contribution in [1.82, 2.24) is 5.32 Å². The largest absolute Gasteiger partial charge is 0.316 e. The highest BCUT2D eigenvalue weighted by Crippen LogP contribution is 2.48. The van der Waals surface area contributed by atoms with Gasteiger partial charge in [-0.2, -0.15) is 0 Å². The van der Waals surface area contributed by atoms with Crippen LogP contribution in [0.4, 0.5) is 0 Å². The van der Waals surface area contributed by atoms with E-state index in [2.05, 4.69) is 31.3 Å². The van der Waals surface area contributed by atoms with Gasteiger partial charge in [-0.1, -0.05) is 43.6 Å². The topological polar surface area (TPSA) is 12.0 Å². The van der Waals surface area contributed by atoms with E-state index in [1.54, 1.807) is 0 Å². The van der Waals surface area contributed by atoms with Crippen LogP contribution in [-0.4, -0.2) is 13.1 Å². The van der Waals surface area contributed by atoms with Crippen molar-refractivity contribution in [3.05, 3.63) is 34.9 Å². The number of nitrogens with one attached hydrogen (secondary N) is 1. The van der Waals surface area contributed by atoms with Gasteiger partial charge in [0.25, 0.3) is 0 Å². The molecule has 16 heavy (non-hydrogen) atoms. The fourth-order valence-electron chi connectivity index (χ4n) is 2.19. The first-order valence-corrected chi connectivity index (χ1v) is 6.51. The maximum Gasteiger partial charge on any atom is 0.0440 e. The summed E-state index contributed by atoms with van der Waals surface area (Å²) in [5.41, 5.74) is 1.33. The molecule has 1 aliphatic carbocycles. The maximum atomic E-state index is 6.19. The molecule has 2 atom stereocenters. The average Bonchev–Trinajstić information content (AvgIpc) is 2.97. The predicted octanol–water partition coefficient (Wildman–Crippen LogP) is 3.69. The van der Waals surface area contributed by atoms with Crippen LogP contribution >= 0.6 is 11.6 Å². The van der Waals surface area contributed by atoms with Gasteiger partial charge < -0.3 is 5.32 Å². The number of halogens is 1. The lowest BCUT2D eigenvalue weighted by molar-refractivity contribution is 0.532. The Kier molecular flexibility index (Phi) is 3.88. The van der Waals surface area contributed by atoms with Crippen LogP contribution in [0.3, 0.4) is 0 Å². The van der Waals surface area contributed by atoms with Gasteiger partial charge in [0.15, 0.2) is 0 Å². The van der Waals surface area contributed by atoms with E-state index in [9.17, 15) is 0 Å². The van der Waals surface area contributed by atoms with Crippen LogP contribution in [0.5, 0.6) is 0 Å². The lowest BCUT2D eigenvalue weighted by Gasteiger charge is -2.07. The summed E-state index contributed by atoms with van der Waals surface area (Å²) in [6.07, 6.45) is 1.29. The third kappa shape index (κ3) is 2.99. The second-order valence-electron chi connectivity index (χ2n) is 5.18. The normalized spacial score (nSPS) is 23.8. The molecule has 0 spiro atoms. The second kappa shape index (κ2) is 5.20. The zero-order valence-electron chi connectivity index (χ0n) is 10.0. The van der Waals surface area contributed by atoms with E-state index < -0.39 is 0 Å². The standard InChI is InChI=1S/C14H20ClN/c1-10(2)8-16-9-11-7-13(11)12-5-3-4-6-14(12)15/h3-6,10-11,13,16H,7-9H2,1-2H3. The molecule has 1 aliphatic rings. The van der Waals surface area contributed by atoms with E-state index in [0.717, 1.165) is 29.9 Å². The Morgan fingerprint density at radius 3 is 2.81 bits per heavy atom. The van der Waals surface area contributed by atoms with Crippen LogP contribution in [0.15, 0.2) is 24.3 Å². The molecule has 0 bridgehead atoms. The van der Waals surface area contributed by atoms with E-state index in [1.165, 1.54) is 12.0 Å². The minimum absolute atomic E-state index is 0.688. The molecule has 0 heterocycles. The van der Waals surface area contributed by atoms with Gasteiger partial charge in [-0.25, -0.2) is 0 Å². The molecule has 1 N–H and O–H groups in total. The van der Waals surface area contributed by atoms with Crippen molar-refractivity contribution in [3.8, 4) is 0 Å². The Bertz CT molecular complexity index is 348. The highest BCUT2D eigenvalue weighted by atomic mass is 35.5. The summed E-state index contributed by atoms with van der Waals surface area (Å²) >= 11 is 6.19. The van der Waals surface area contributed by atoms with Crippen LogP contribution in [0, 0.1) is 11.8 Å². The molecule has 1 nitrogen and oxygen atoms in total. The van der Waals surface area contributed by atoms with E-state index in [4.69, 9.17) is 11.6 Å². The monoisotopic (exact) mass is 237 g/mol. The van der Waals surface area contributed by atoms with Gasteiger partial charge in [-0.15, -0.1) is 0 Å². The Morgan fingerprint density at radius 1 is 1.38 bits per heavy atom. The molecule has 0 radical (unpaired) electrons. The number of hydrogen-bond acceptors (Lipinski definition) is 1. The maximum absolute atomic E-state index is 6.19. The van der Waals surface area contributed by atoms with Gasteiger partial charge in [-0.3, -0.25) is 0 Å². The summed E-state index contributed by atoms with van der Waals surface area (Å²) in [7, 11) is 0. The molecule has 1 aromatic carbocycles. The number of rotatable bonds is 5. The summed E-state index contributed by atoms with van der Waals surface area (Å²) in [5.74, 6) is 2.21. The molecule has 2 rings (SSSR count). The molecule has 88 valence electrons. The van der Waals surface area contributed by atoms with Crippen molar-refractivity contribution in [1.29, 1.82) is 0 Å². The summed E-state index contributed by atoms with van der Waals surface area (Å²) in [6.45, 7) is 6.73. The lowest BCUT2D eigenvalue weighted by Crippen LogP contribution is -2.22. The number of hydrogen-bond donors (Lipinski definition) is 1. The summed E-state index contributed by atoms with van der Waals surface area (Å²) in [6, 6.07) is 8.24. The first-order valence-electron chi connectivity index (χ1n) is 6.13. The molecular weight excluding hydrogens is 218 g/mol. The molecule has 2 heteroatoms. The van der Waals surface area contributed by atoms with Crippen LogP contribution in [0.25, 0.3) is 0 Å². The summed E-state index contributed by atoms with van der Waals surface area (Å²) in [5, 5.41) is 4.45. The Balaban J connectivity index is 1.81. The van der Waals surface area contributed by atoms with Crippen molar-refractivity contribution in [2.45, 2.75) is 26.2 Å². The molecule has 2 unspecified atom stereocenters. The molecule has 0 aliphatic heterocycles. The first kappa shape index (κ1) is 11.9. The zero-order chi connectivity index (χ0) is 11.5. The lowest BCUT2D eigenvalue weighted by atomic mass is 10.1. The second-order valence-corrected chi connectivity index (χ2v) is 5.58. The molecule has 0 amide bonds. The number of benzene rings is 1. The van der Waals surface area contributed by atoms with E-state index in [0.29, 0.717) is 5.92 Å². The summed E-state index contributed by atoms with van der Waals surface area (Å²) in [4.78, 5) is 0. The highest BCUT2D eigenvalue weighted by molar-refractivity contribution is 6.31. The van der Waals surface area contributed by atoms with E-state index in [-0.39, 0.29) is 0 Å². The van der Waals surface area contributed by atoms with Crippen molar-refractivity contribution in [3.63, 3.8) is 0 Å². The van der Waals surface area contributed by atoms with Crippen LogP contribution in [-0.2, 0) is 0 Å². The average molecular weight is 238 g/mol. The van der Waals surface area contributed by atoms with Gasteiger partial charge >= 0.3 is 0 Å². The van der Waals surface area contributed by atoms with Gasteiger partial charge in [-0.05, 0) is 48.9 Å². The fourth-order valence-corrected chi connectivity index (χ4v) is 2.46. The molecule has 0 saturated heterocycles. The Labute approximate surface area is 103 Å². The van der Waals surface area contributed by atoms with Gasteiger partial charge in [0, 0.05) is 5.02 Å². The fraction of sp³-hybridized carbons (Fsp3) is 0.571. The van der Waals surface area contributed by atoms with Crippen molar-refractivity contribution in [2.75, 3.05) is 13.1 Å². The van der Waals surface area contributed by atoms with Crippen molar-refractivity contribution in [2.24, 2.45) is 11.8 Å². The van der Waals surface area contributed by atoms with Crippen molar-refractivity contribution >= 4 is 11.6 Å². The summed E-state index contributed by atoms with van der Waals surface area (Å²) < 4.78 is 0. The Hall–Kier alpha value is -0.530. The van der Waals surface area contributed by atoms with Crippen LogP contribution in [0.1, 0.15) is 31.7 Å². The molecule has 1 aromatic rings. The van der Waals surface area contributed by atoms with Gasteiger partial charge in [0.05, 0.1) is 0 Å². The third-order valence-electron chi connectivity index (χ3n) is 3.19. The van der Waals surface area contributed by atoms with Crippen LogP contribution in [0.2, 0.25) is 5.02 Å². The van der Waals surface area contributed by atoms with Crippen LogP contribution < -0.4 is 5.32 Å². The zero-order valence-corrected chi connectivity index (χ0v) is 10.8. The van der Waals surface area contributed by atoms with E-state index >= 15 is 0 Å². The third-order valence-corrected chi connectivity index (χ3v) is 3.53. The highest BCUT2D eigenvalue weighted by Gasteiger charge is 2.38. The SMILES string of the molecule is CC(C)CNCC1CC1c1ccccc1Cl. The van der Waals surface area contributed by atoms with Gasteiger partial charge in [0.1, 0.15) is 0 Å². The quantitative estimate of drug-likeness (QED) is 0.824. The van der Waals surface area contributed by atoms with E-state index in [1.807, 2.05) is 12.1 Å². The predicted molar refractivity (Wildman–Crippen MR) is 70.0 cm³/mol.